The zero-order valence-electron chi connectivity index (χ0n) is 12.8. The molecule has 0 aliphatic carbocycles. The van der Waals surface area contributed by atoms with E-state index in [-0.39, 0.29) is 0 Å². The summed E-state index contributed by atoms with van der Waals surface area (Å²) in [6.45, 7) is 4.97. The van der Waals surface area contributed by atoms with Crippen molar-refractivity contribution in [3.8, 4) is 0 Å². The van der Waals surface area contributed by atoms with Gasteiger partial charge < -0.3 is 14.4 Å². The largest absolute Gasteiger partial charge is 0.370 e. The first kappa shape index (κ1) is 13.1. The summed E-state index contributed by atoms with van der Waals surface area (Å²) in [6.07, 6.45) is 7.30. The van der Waals surface area contributed by atoms with Gasteiger partial charge in [-0.1, -0.05) is 6.07 Å². The van der Waals surface area contributed by atoms with Crippen LogP contribution in [0.15, 0.2) is 24.5 Å². The average molecular weight is 284 g/mol. The lowest BCUT2D eigenvalue weighted by Gasteiger charge is -2.37. The van der Waals surface area contributed by atoms with Crippen molar-refractivity contribution >= 4 is 16.7 Å². The third-order valence-corrected chi connectivity index (χ3v) is 5.20. The summed E-state index contributed by atoms with van der Waals surface area (Å²) in [7, 11) is 2.07. The highest BCUT2D eigenvalue weighted by Crippen LogP contribution is 2.29. The Balaban J connectivity index is 1.52. The lowest BCUT2D eigenvalue weighted by atomic mass is 10.0. The predicted octanol–water partition coefficient (Wildman–Crippen LogP) is 2.64. The van der Waals surface area contributed by atoms with E-state index in [9.17, 15) is 0 Å². The molecule has 1 aromatic heterocycles. The normalized spacial score (nSPS) is 21.5. The van der Waals surface area contributed by atoms with Gasteiger partial charge >= 0.3 is 0 Å². The van der Waals surface area contributed by atoms with Crippen molar-refractivity contribution < 1.29 is 0 Å². The van der Waals surface area contributed by atoms with E-state index in [0.717, 1.165) is 24.6 Å². The van der Waals surface area contributed by atoms with Gasteiger partial charge in [-0.2, -0.15) is 0 Å². The van der Waals surface area contributed by atoms with E-state index >= 15 is 0 Å². The molecule has 4 heteroatoms. The Bertz CT molecular complexity index is 619. The molecule has 4 nitrogen and oxygen atoms in total. The monoisotopic (exact) mass is 284 g/mol. The van der Waals surface area contributed by atoms with Crippen LogP contribution in [0, 0.1) is 0 Å². The molecule has 0 N–H and O–H groups in total. The number of aromatic nitrogens is 2. The first-order valence-electron chi connectivity index (χ1n) is 8.22. The summed E-state index contributed by atoms with van der Waals surface area (Å²) < 4.78 is 2.11. The standard InChI is InChI=1S/C17H24N4/c1-19-13-18-17-15(19)5-4-6-16(17)21-11-7-14(8-12-21)20-9-2-3-10-20/h4-6,13-14H,2-3,7-12H2,1H3. The molecule has 21 heavy (non-hydrogen) atoms. The maximum Gasteiger partial charge on any atom is 0.112 e. The van der Waals surface area contributed by atoms with Crippen molar-refractivity contribution in [1.29, 1.82) is 0 Å². The van der Waals surface area contributed by atoms with Crippen LogP contribution in [0.1, 0.15) is 25.7 Å². The number of fused-ring (bicyclic) bond motifs is 1. The molecular weight excluding hydrogens is 260 g/mol. The molecule has 2 aromatic rings. The molecule has 0 bridgehead atoms. The molecular formula is C17H24N4. The minimum absolute atomic E-state index is 0.812. The number of anilines is 1. The molecule has 0 amide bonds. The van der Waals surface area contributed by atoms with Gasteiger partial charge in [-0.25, -0.2) is 4.98 Å². The number of para-hydroxylation sites is 1. The summed E-state index contributed by atoms with van der Waals surface area (Å²) in [5.41, 5.74) is 3.70. The van der Waals surface area contributed by atoms with Crippen molar-refractivity contribution in [3.05, 3.63) is 24.5 Å². The van der Waals surface area contributed by atoms with Crippen LogP contribution >= 0.6 is 0 Å². The third kappa shape index (κ3) is 2.31. The van der Waals surface area contributed by atoms with Crippen LogP contribution in [0.25, 0.3) is 11.0 Å². The van der Waals surface area contributed by atoms with Gasteiger partial charge in [0.25, 0.3) is 0 Å². The van der Waals surface area contributed by atoms with Gasteiger partial charge in [0.1, 0.15) is 5.52 Å². The van der Waals surface area contributed by atoms with Crippen molar-refractivity contribution in [2.75, 3.05) is 31.1 Å². The fraction of sp³-hybridized carbons (Fsp3) is 0.588. The molecule has 2 saturated heterocycles. The Morgan fingerprint density at radius 3 is 2.57 bits per heavy atom. The SMILES string of the molecule is Cn1cnc2c(N3CCC(N4CCCC4)CC3)cccc21. The number of rotatable bonds is 2. The fourth-order valence-electron chi connectivity index (χ4n) is 3.98. The first-order chi connectivity index (χ1) is 10.3. The highest BCUT2D eigenvalue weighted by molar-refractivity contribution is 5.89. The summed E-state index contributed by atoms with van der Waals surface area (Å²) >= 11 is 0. The van der Waals surface area contributed by atoms with Gasteiger partial charge in [-0.15, -0.1) is 0 Å². The van der Waals surface area contributed by atoms with Gasteiger partial charge in [0, 0.05) is 26.2 Å². The molecule has 2 aliphatic rings. The molecule has 0 radical (unpaired) electrons. The molecule has 4 rings (SSSR count). The van der Waals surface area contributed by atoms with E-state index in [4.69, 9.17) is 0 Å². The summed E-state index contributed by atoms with van der Waals surface area (Å²) in [6, 6.07) is 7.35. The smallest absolute Gasteiger partial charge is 0.112 e. The van der Waals surface area contributed by atoms with Gasteiger partial charge in [0.2, 0.25) is 0 Å². The number of benzene rings is 1. The Labute approximate surface area is 126 Å². The van der Waals surface area contributed by atoms with E-state index in [1.165, 1.54) is 50.0 Å². The molecule has 0 spiro atoms. The fourth-order valence-corrected chi connectivity index (χ4v) is 3.98. The van der Waals surface area contributed by atoms with Gasteiger partial charge in [-0.05, 0) is 50.9 Å². The van der Waals surface area contributed by atoms with Crippen molar-refractivity contribution in [2.24, 2.45) is 7.05 Å². The second-order valence-corrected chi connectivity index (χ2v) is 6.46. The van der Waals surface area contributed by atoms with Crippen LogP contribution in [0.2, 0.25) is 0 Å². The van der Waals surface area contributed by atoms with E-state index < -0.39 is 0 Å². The molecule has 3 heterocycles. The molecule has 2 aliphatic heterocycles. The lowest BCUT2D eigenvalue weighted by molar-refractivity contribution is 0.208. The summed E-state index contributed by atoms with van der Waals surface area (Å²) in [5, 5.41) is 0. The Kier molecular flexibility index (Phi) is 3.34. The maximum atomic E-state index is 4.60. The predicted molar refractivity (Wildman–Crippen MR) is 86.8 cm³/mol. The summed E-state index contributed by atoms with van der Waals surface area (Å²) in [4.78, 5) is 9.84. The highest BCUT2D eigenvalue weighted by Gasteiger charge is 2.27. The Hall–Kier alpha value is -1.55. The maximum absolute atomic E-state index is 4.60. The van der Waals surface area contributed by atoms with Crippen LogP contribution in [0.3, 0.4) is 0 Å². The average Bonchev–Trinajstić information content (AvgIpc) is 3.18. The van der Waals surface area contributed by atoms with Crippen molar-refractivity contribution in [3.63, 3.8) is 0 Å². The molecule has 112 valence electrons. The van der Waals surface area contributed by atoms with Gasteiger partial charge in [-0.3, -0.25) is 0 Å². The zero-order chi connectivity index (χ0) is 14.2. The zero-order valence-corrected chi connectivity index (χ0v) is 12.8. The van der Waals surface area contributed by atoms with Crippen LogP contribution in [0.4, 0.5) is 5.69 Å². The minimum Gasteiger partial charge on any atom is -0.370 e. The quantitative estimate of drug-likeness (QED) is 0.847. The van der Waals surface area contributed by atoms with Crippen LogP contribution < -0.4 is 4.90 Å². The molecule has 1 aromatic carbocycles. The van der Waals surface area contributed by atoms with Crippen LogP contribution in [-0.4, -0.2) is 46.7 Å². The number of piperidine rings is 1. The Morgan fingerprint density at radius 1 is 1.05 bits per heavy atom. The molecule has 0 saturated carbocycles. The molecule has 0 atom stereocenters. The number of likely N-dealkylation sites (tertiary alicyclic amines) is 1. The topological polar surface area (TPSA) is 24.3 Å². The first-order valence-corrected chi connectivity index (χ1v) is 8.22. The third-order valence-electron chi connectivity index (χ3n) is 5.20. The second-order valence-electron chi connectivity index (χ2n) is 6.46. The van der Waals surface area contributed by atoms with Gasteiger partial charge in [0.15, 0.2) is 0 Å². The lowest BCUT2D eigenvalue weighted by Crippen LogP contribution is -2.43. The van der Waals surface area contributed by atoms with Crippen LogP contribution in [0.5, 0.6) is 0 Å². The van der Waals surface area contributed by atoms with E-state index in [2.05, 4.69) is 44.6 Å². The number of hydrogen-bond donors (Lipinski definition) is 0. The van der Waals surface area contributed by atoms with Crippen molar-refractivity contribution in [1.82, 2.24) is 14.5 Å². The Morgan fingerprint density at radius 2 is 1.81 bits per heavy atom. The van der Waals surface area contributed by atoms with Gasteiger partial charge in [0.05, 0.1) is 17.5 Å². The van der Waals surface area contributed by atoms with E-state index in [1.807, 2.05) is 6.33 Å². The number of hydrogen-bond acceptors (Lipinski definition) is 3. The van der Waals surface area contributed by atoms with E-state index in [1.54, 1.807) is 0 Å². The number of imidazole rings is 1. The van der Waals surface area contributed by atoms with Crippen molar-refractivity contribution in [2.45, 2.75) is 31.7 Å². The molecule has 2 fully saturated rings. The summed E-state index contributed by atoms with van der Waals surface area (Å²) in [5.74, 6) is 0. The second kappa shape index (κ2) is 5.34. The highest BCUT2D eigenvalue weighted by atomic mass is 15.2. The number of aryl methyl sites for hydroxylation is 1. The molecule has 0 unspecified atom stereocenters. The number of nitrogens with zero attached hydrogens (tertiary/aromatic N) is 4. The minimum atomic E-state index is 0.812. The van der Waals surface area contributed by atoms with Crippen LogP contribution in [-0.2, 0) is 7.05 Å². The van der Waals surface area contributed by atoms with E-state index in [0.29, 0.717) is 0 Å².